The van der Waals surface area contributed by atoms with Crippen molar-refractivity contribution in [1.82, 2.24) is 14.8 Å². The van der Waals surface area contributed by atoms with Gasteiger partial charge in [0.25, 0.3) is 0 Å². The van der Waals surface area contributed by atoms with Gasteiger partial charge in [0.2, 0.25) is 0 Å². The maximum Gasteiger partial charge on any atom is 0.154 e. The van der Waals surface area contributed by atoms with E-state index < -0.39 is 0 Å². The first-order valence-electron chi connectivity index (χ1n) is 5.39. The largest absolute Gasteiger partial charge is 0.245 e. The van der Waals surface area contributed by atoms with Gasteiger partial charge in [-0.1, -0.05) is 25.8 Å². The first-order chi connectivity index (χ1) is 6.82. The molecule has 3 heteroatoms. The van der Waals surface area contributed by atoms with Gasteiger partial charge in [-0.3, -0.25) is 0 Å². The molecule has 0 N–H and O–H groups in total. The molecular weight excluding hydrogens is 174 g/mol. The number of allylic oxidation sites excluding steroid dienone is 1. The Morgan fingerprint density at radius 2 is 2.07 bits per heavy atom. The SMILES string of the molecule is C=C1c2ncnn2CC12CCCCC2. The van der Waals surface area contributed by atoms with Gasteiger partial charge >= 0.3 is 0 Å². The molecule has 3 rings (SSSR count). The number of nitrogens with zero attached hydrogens (tertiary/aromatic N) is 3. The monoisotopic (exact) mass is 189 g/mol. The van der Waals surface area contributed by atoms with E-state index in [9.17, 15) is 0 Å². The van der Waals surface area contributed by atoms with Gasteiger partial charge in [0.05, 0.1) is 6.54 Å². The predicted octanol–water partition coefficient (Wildman–Crippen LogP) is 2.26. The fourth-order valence-corrected chi connectivity index (χ4v) is 2.92. The zero-order chi connectivity index (χ0) is 9.60. The molecule has 1 aromatic rings. The molecule has 0 atom stereocenters. The third kappa shape index (κ3) is 0.925. The second-order valence-corrected chi connectivity index (χ2v) is 4.56. The Morgan fingerprint density at radius 3 is 2.79 bits per heavy atom. The summed E-state index contributed by atoms with van der Waals surface area (Å²) in [5, 5.41) is 4.24. The molecule has 0 saturated heterocycles. The summed E-state index contributed by atoms with van der Waals surface area (Å²) in [6.45, 7) is 5.24. The van der Waals surface area contributed by atoms with E-state index in [1.807, 2.05) is 4.68 Å². The summed E-state index contributed by atoms with van der Waals surface area (Å²) in [5.74, 6) is 1.02. The minimum Gasteiger partial charge on any atom is -0.245 e. The van der Waals surface area contributed by atoms with Crippen LogP contribution in [0, 0.1) is 5.41 Å². The van der Waals surface area contributed by atoms with Crippen molar-refractivity contribution in [2.24, 2.45) is 5.41 Å². The van der Waals surface area contributed by atoms with Crippen LogP contribution in [0.15, 0.2) is 12.9 Å². The molecule has 1 aliphatic carbocycles. The van der Waals surface area contributed by atoms with Crippen LogP contribution in [0.2, 0.25) is 0 Å². The van der Waals surface area contributed by atoms with Crippen molar-refractivity contribution in [2.75, 3.05) is 0 Å². The molecule has 0 radical (unpaired) electrons. The van der Waals surface area contributed by atoms with Gasteiger partial charge in [-0.05, 0) is 18.4 Å². The van der Waals surface area contributed by atoms with Crippen molar-refractivity contribution >= 4 is 5.57 Å². The van der Waals surface area contributed by atoms with Crippen LogP contribution in [0.4, 0.5) is 0 Å². The van der Waals surface area contributed by atoms with Crippen LogP contribution in [0.5, 0.6) is 0 Å². The van der Waals surface area contributed by atoms with Crippen LogP contribution < -0.4 is 0 Å². The highest BCUT2D eigenvalue weighted by atomic mass is 15.4. The third-order valence-electron chi connectivity index (χ3n) is 3.79. The molecule has 0 unspecified atom stereocenters. The zero-order valence-electron chi connectivity index (χ0n) is 8.37. The molecule has 0 amide bonds. The second-order valence-electron chi connectivity index (χ2n) is 4.56. The summed E-state index contributed by atoms with van der Waals surface area (Å²) < 4.78 is 2.02. The lowest BCUT2D eigenvalue weighted by molar-refractivity contribution is 0.246. The molecule has 2 heterocycles. The first kappa shape index (κ1) is 8.21. The van der Waals surface area contributed by atoms with E-state index in [-0.39, 0.29) is 0 Å². The molecule has 1 aromatic heterocycles. The average Bonchev–Trinajstić information content (AvgIpc) is 2.73. The second kappa shape index (κ2) is 2.69. The van der Waals surface area contributed by atoms with Crippen molar-refractivity contribution < 1.29 is 0 Å². The highest BCUT2D eigenvalue weighted by Gasteiger charge is 2.42. The van der Waals surface area contributed by atoms with Gasteiger partial charge in [-0.2, -0.15) is 5.10 Å². The normalized spacial score (nSPS) is 24.1. The number of fused-ring (bicyclic) bond motifs is 1. The van der Waals surface area contributed by atoms with Crippen molar-refractivity contribution in [3.8, 4) is 0 Å². The molecule has 1 saturated carbocycles. The Bertz CT molecular complexity index is 372. The highest BCUT2D eigenvalue weighted by Crippen LogP contribution is 2.50. The fourth-order valence-electron chi connectivity index (χ4n) is 2.92. The van der Waals surface area contributed by atoms with Crippen LogP contribution in [0.25, 0.3) is 5.57 Å². The van der Waals surface area contributed by atoms with Crippen LogP contribution >= 0.6 is 0 Å². The third-order valence-corrected chi connectivity index (χ3v) is 3.79. The van der Waals surface area contributed by atoms with Gasteiger partial charge in [0, 0.05) is 5.41 Å². The number of aromatic nitrogens is 3. The molecule has 74 valence electrons. The average molecular weight is 189 g/mol. The predicted molar refractivity (Wildman–Crippen MR) is 54.6 cm³/mol. The lowest BCUT2D eigenvalue weighted by Crippen LogP contribution is -2.24. The van der Waals surface area contributed by atoms with E-state index >= 15 is 0 Å². The van der Waals surface area contributed by atoms with Crippen molar-refractivity contribution in [1.29, 1.82) is 0 Å². The summed E-state index contributed by atoms with van der Waals surface area (Å²) in [5.41, 5.74) is 1.55. The molecule has 2 aliphatic rings. The van der Waals surface area contributed by atoms with E-state index in [0.717, 1.165) is 12.4 Å². The Hall–Kier alpha value is -1.12. The summed E-state index contributed by atoms with van der Waals surface area (Å²) >= 11 is 0. The molecule has 14 heavy (non-hydrogen) atoms. The van der Waals surface area contributed by atoms with E-state index in [1.54, 1.807) is 6.33 Å². The standard InChI is InChI=1S/C11H15N3/c1-9-10-12-8-13-14(10)7-11(9)5-3-2-4-6-11/h8H,1-7H2. The van der Waals surface area contributed by atoms with Gasteiger partial charge < -0.3 is 0 Å². The lowest BCUT2D eigenvalue weighted by atomic mass is 9.71. The summed E-state index contributed by atoms with van der Waals surface area (Å²) in [7, 11) is 0. The highest BCUT2D eigenvalue weighted by molar-refractivity contribution is 5.65. The zero-order valence-corrected chi connectivity index (χ0v) is 8.37. The van der Waals surface area contributed by atoms with E-state index in [2.05, 4.69) is 16.7 Å². The maximum atomic E-state index is 4.28. The topological polar surface area (TPSA) is 30.7 Å². The van der Waals surface area contributed by atoms with E-state index in [4.69, 9.17) is 0 Å². The Kier molecular flexibility index (Phi) is 1.58. The molecule has 1 aliphatic heterocycles. The van der Waals surface area contributed by atoms with Gasteiger partial charge in [0.1, 0.15) is 6.33 Å². The molecule has 3 nitrogen and oxygen atoms in total. The molecule has 0 aromatic carbocycles. The Morgan fingerprint density at radius 1 is 1.29 bits per heavy atom. The number of hydrogen-bond acceptors (Lipinski definition) is 2. The lowest BCUT2D eigenvalue weighted by Gasteiger charge is -2.33. The minimum atomic E-state index is 0.314. The summed E-state index contributed by atoms with van der Waals surface area (Å²) in [4.78, 5) is 4.28. The van der Waals surface area contributed by atoms with Crippen molar-refractivity contribution in [2.45, 2.75) is 38.6 Å². The summed E-state index contributed by atoms with van der Waals surface area (Å²) in [6, 6.07) is 0. The van der Waals surface area contributed by atoms with Crippen LogP contribution in [0.3, 0.4) is 0 Å². The van der Waals surface area contributed by atoms with Crippen molar-refractivity contribution in [3.05, 3.63) is 18.7 Å². The van der Waals surface area contributed by atoms with E-state index in [0.29, 0.717) is 5.41 Å². The van der Waals surface area contributed by atoms with Gasteiger partial charge in [-0.25, -0.2) is 9.67 Å². The Balaban J connectivity index is 1.99. The van der Waals surface area contributed by atoms with Crippen LogP contribution in [0.1, 0.15) is 37.9 Å². The smallest absolute Gasteiger partial charge is 0.154 e. The quantitative estimate of drug-likeness (QED) is 0.626. The van der Waals surface area contributed by atoms with Gasteiger partial charge in [-0.15, -0.1) is 0 Å². The van der Waals surface area contributed by atoms with Crippen LogP contribution in [-0.2, 0) is 6.54 Å². The first-order valence-corrected chi connectivity index (χ1v) is 5.39. The van der Waals surface area contributed by atoms with Gasteiger partial charge in [0.15, 0.2) is 5.82 Å². The molecule has 1 spiro atoms. The Labute approximate surface area is 83.8 Å². The van der Waals surface area contributed by atoms with E-state index in [1.165, 1.54) is 37.7 Å². The molecular formula is C11H15N3. The molecule has 0 bridgehead atoms. The maximum absolute atomic E-state index is 4.28. The summed E-state index contributed by atoms with van der Waals surface area (Å²) in [6.07, 6.45) is 8.24. The minimum absolute atomic E-state index is 0.314. The fraction of sp³-hybridized carbons (Fsp3) is 0.636. The molecule has 1 fully saturated rings. The van der Waals surface area contributed by atoms with Crippen LogP contribution in [-0.4, -0.2) is 14.8 Å². The number of rotatable bonds is 0. The number of hydrogen-bond donors (Lipinski definition) is 0. The van der Waals surface area contributed by atoms with Crippen molar-refractivity contribution in [3.63, 3.8) is 0 Å².